The van der Waals surface area contributed by atoms with Gasteiger partial charge in [-0.3, -0.25) is 0 Å². The van der Waals surface area contributed by atoms with Crippen LogP contribution in [0.25, 0.3) is 0 Å². The van der Waals surface area contributed by atoms with E-state index in [9.17, 15) is 15.3 Å². The summed E-state index contributed by atoms with van der Waals surface area (Å²) in [6.07, 6.45) is 17.5. The summed E-state index contributed by atoms with van der Waals surface area (Å²) in [5, 5.41) is 32.1. The molecule has 8 rings (SSSR count). The Balaban J connectivity index is 0.948. The average Bonchev–Trinajstić information content (AvgIpc) is 3.31. The van der Waals surface area contributed by atoms with E-state index in [0.29, 0.717) is 51.4 Å². The Morgan fingerprint density at radius 2 is 1.54 bits per heavy atom. The molecule has 0 spiro atoms. The largest absolute Gasteiger partial charge is 0.396 e. The molecule has 0 amide bonds. The van der Waals surface area contributed by atoms with Crippen molar-refractivity contribution in [2.24, 2.45) is 0 Å². The fourth-order valence-electron chi connectivity index (χ4n) is 11.1. The molecule has 18 atom stereocenters. The van der Waals surface area contributed by atoms with E-state index in [2.05, 4.69) is 33.8 Å². The highest BCUT2D eigenvalue weighted by Crippen LogP contribution is 2.54. The SMILES string of the molecule is CCC/C=C\C=C/[C@H]1O[C@H]2C[C@H]3O[C@H]4CC[C@H]5O[C@H]6C[C@@]7(C)O[C@@]8(C)[C@@H](O)C[C@H](CCCO)O[C@@H]8C[C@@H]7O[C@@H]6C[C@@H]5O[C@]4(C)C[C@]3(C)O[C@@H]2C=C[C@]1(C)O. The van der Waals surface area contributed by atoms with E-state index in [1.165, 1.54) is 0 Å². The smallest absolute Gasteiger partial charge is 0.118 e. The van der Waals surface area contributed by atoms with Crippen molar-refractivity contribution in [2.75, 3.05) is 6.61 Å². The summed E-state index contributed by atoms with van der Waals surface area (Å²) in [5.74, 6) is 0. The topological polar surface area (TPSA) is 135 Å². The van der Waals surface area contributed by atoms with Gasteiger partial charge in [0.05, 0.1) is 83.9 Å². The lowest BCUT2D eigenvalue weighted by Crippen LogP contribution is -2.72. The van der Waals surface area contributed by atoms with Crippen molar-refractivity contribution in [1.82, 2.24) is 0 Å². The minimum atomic E-state index is -1.17. The third kappa shape index (κ3) is 7.25. The maximum absolute atomic E-state index is 11.4. The van der Waals surface area contributed by atoms with Gasteiger partial charge in [-0.25, -0.2) is 0 Å². The number of aliphatic hydroxyl groups excluding tert-OH is 2. The molecule has 0 aromatic rings. The van der Waals surface area contributed by atoms with Crippen molar-refractivity contribution in [1.29, 1.82) is 0 Å². The fraction of sp³-hybridized carbons (Fsp3) is 0.860. The first kappa shape index (κ1) is 39.6. The van der Waals surface area contributed by atoms with Crippen molar-refractivity contribution in [3.05, 3.63) is 36.5 Å². The van der Waals surface area contributed by atoms with Crippen LogP contribution in [0.2, 0.25) is 0 Å². The second-order valence-electron chi connectivity index (χ2n) is 18.8. The molecular formula is C43H66O11. The molecule has 0 aliphatic carbocycles. The van der Waals surface area contributed by atoms with Crippen LogP contribution in [0.3, 0.4) is 0 Å². The van der Waals surface area contributed by atoms with Crippen LogP contribution in [-0.2, 0) is 37.9 Å². The standard InChI is InChI=1S/C43H66O11/c1-7-8-9-10-11-14-34-39(2,46)18-17-28-30(49-34)22-36-42(5,52-28)25-41(4)35(51-36)16-15-27-31(53-41)21-29-32(48-27)24-40(3)37(50-29)23-38-43(6,54-40)33(45)20-26(47-38)13-12-19-44/h9-11,14,17-18,26-38,44-46H,7-8,12-13,15-16,19-25H2,1-6H3/b10-9-,14-11-/t26-,27+,28+,29+,30-,31-,32-,33-,34+,35-,36+,37-,38+,39-,40+,41+,42-,43-/m0/s1. The van der Waals surface area contributed by atoms with Crippen LogP contribution in [0.1, 0.15) is 119 Å². The zero-order chi connectivity index (χ0) is 38.1. The van der Waals surface area contributed by atoms with E-state index >= 15 is 0 Å². The van der Waals surface area contributed by atoms with Gasteiger partial charge in [-0.2, -0.15) is 0 Å². The zero-order valence-electron chi connectivity index (χ0n) is 33.3. The second kappa shape index (κ2) is 14.9. The summed E-state index contributed by atoms with van der Waals surface area (Å²) >= 11 is 0. The van der Waals surface area contributed by atoms with Crippen LogP contribution in [0, 0.1) is 0 Å². The van der Waals surface area contributed by atoms with E-state index < -0.39 is 40.2 Å². The predicted octanol–water partition coefficient (Wildman–Crippen LogP) is 5.16. The van der Waals surface area contributed by atoms with E-state index in [1.54, 1.807) is 6.92 Å². The van der Waals surface area contributed by atoms with Crippen LogP contribution < -0.4 is 0 Å². The molecule has 7 saturated heterocycles. The van der Waals surface area contributed by atoms with Crippen LogP contribution in [0.5, 0.6) is 0 Å². The second-order valence-corrected chi connectivity index (χ2v) is 18.8. The molecule has 8 aliphatic rings. The Kier molecular flexibility index (Phi) is 10.9. The minimum absolute atomic E-state index is 0.0990. The number of unbranched alkanes of at least 4 members (excludes halogenated alkanes) is 1. The van der Waals surface area contributed by atoms with Crippen LogP contribution in [0.15, 0.2) is 36.5 Å². The fourth-order valence-corrected chi connectivity index (χ4v) is 11.1. The molecule has 8 heterocycles. The highest BCUT2D eigenvalue weighted by molar-refractivity contribution is 5.20. The normalized spacial score (nSPS) is 54.3. The Labute approximate surface area is 321 Å². The summed E-state index contributed by atoms with van der Waals surface area (Å²) in [4.78, 5) is 0. The van der Waals surface area contributed by atoms with Crippen molar-refractivity contribution in [3.63, 3.8) is 0 Å². The van der Waals surface area contributed by atoms with Crippen LogP contribution in [0.4, 0.5) is 0 Å². The van der Waals surface area contributed by atoms with Gasteiger partial charge in [0.1, 0.15) is 23.4 Å². The number of fused-ring (bicyclic) bond motifs is 7. The molecule has 0 bridgehead atoms. The average molecular weight is 759 g/mol. The first-order chi connectivity index (χ1) is 25.7. The molecule has 54 heavy (non-hydrogen) atoms. The molecule has 304 valence electrons. The Morgan fingerprint density at radius 1 is 0.741 bits per heavy atom. The molecule has 0 aromatic carbocycles. The molecule has 8 aliphatic heterocycles. The van der Waals surface area contributed by atoms with Gasteiger partial charge in [-0.15, -0.1) is 0 Å². The number of hydrogen-bond donors (Lipinski definition) is 3. The van der Waals surface area contributed by atoms with Crippen LogP contribution in [-0.4, -0.2) is 129 Å². The van der Waals surface area contributed by atoms with Crippen LogP contribution >= 0.6 is 0 Å². The van der Waals surface area contributed by atoms with Crippen molar-refractivity contribution in [3.8, 4) is 0 Å². The molecule has 11 nitrogen and oxygen atoms in total. The molecular weight excluding hydrogens is 692 g/mol. The van der Waals surface area contributed by atoms with Crippen molar-refractivity contribution >= 4 is 0 Å². The quantitative estimate of drug-likeness (QED) is 0.235. The third-order valence-electron chi connectivity index (χ3n) is 14.2. The summed E-state index contributed by atoms with van der Waals surface area (Å²) in [5.41, 5.74) is -3.85. The number of rotatable bonds is 7. The molecule has 11 heteroatoms. The Bertz CT molecular complexity index is 1430. The molecule has 3 N–H and O–H groups in total. The van der Waals surface area contributed by atoms with Crippen molar-refractivity contribution in [2.45, 2.75) is 226 Å². The van der Waals surface area contributed by atoms with Gasteiger partial charge in [0.15, 0.2) is 0 Å². The minimum Gasteiger partial charge on any atom is -0.396 e. The highest BCUT2D eigenvalue weighted by Gasteiger charge is 2.64. The maximum atomic E-state index is 11.4. The summed E-state index contributed by atoms with van der Waals surface area (Å²) in [6.45, 7) is 12.4. The first-order valence-corrected chi connectivity index (χ1v) is 21.0. The lowest BCUT2D eigenvalue weighted by molar-refractivity contribution is -0.369. The molecule has 0 aromatic heterocycles. The first-order valence-electron chi connectivity index (χ1n) is 21.0. The number of aliphatic hydroxyl groups is 3. The van der Waals surface area contributed by atoms with E-state index in [1.807, 2.05) is 37.3 Å². The maximum Gasteiger partial charge on any atom is 0.118 e. The van der Waals surface area contributed by atoms with E-state index in [-0.39, 0.29) is 73.8 Å². The summed E-state index contributed by atoms with van der Waals surface area (Å²) in [7, 11) is 0. The number of hydrogen-bond acceptors (Lipinski definition) is 11. The number of allylic oxidation sites excluding steroid dienone is 3. The molecule has 0 saturated carbocycles. The van der Waals surface area contributed by atoms with Gasteiger partial charge >= 0.3 is 0 Å². The summed E-state index contributed by atoms with van der Waals surface area (Å²) < 4.78 is 54.9. The van der Waals surface area contributed by atoms with Gasteiger partial charge in [-0.05, 0) is 66.7 Å². The lowest BCUT2D eigenvalue weighted by atomic mass is 9.72. The van der Waals surface area contributed by atoms with Gasteiger partial charge < -0.3 is 53.2 Å². The third-order valence-corrected chi connectivity index (χ3v) is 14.2. The zero-order valence-corrected chi connectivity index (χ0v) is 33.3. The summed E-state index contributed by atoms with van der Waals surface area (Å²) in [6, 6.07) is 0. The van der Waals surface area contributed by atoms with E-state index in [4.69, 9.17) is 37.9 Å². The monoisotopic (exact) mass is 758 g/mol. The Morgan fingerprint density at radius 3 is 2.33 bits per heavy atom. The predicted molar refractivity (Wildman–Crippen MR) is 200 cm³/mol. The van der Waals surface area contributed by atoms with E-state index in [0.717, 1.165) is 25.7 Å². The van der Waals surface area contributed by atoms with Gasteiger partial charge in [0, 0.05) is 45.1 Å². The lowest BCUT2D eigenvalue weighted by Gasteiger charge is -2.61. The Hall–Kier alpha value is -1.22. The highest BCUT2D eigenvalue weighted by atomic mass is 16.6. The van der Waals surface area contributed by atoms with Crippen molar-refractivity contribution < 1.29 is 53.2 Å². The van der Waals surface area contributed by atoms with Gasteiger partial charge in [0.2, 0.25) is 0 Å². The number of ether oxygens (including phenoxy) is 8. The van der Waals surface area contributed by atoms with Gasteiger partial charge in [0.25, 0.3) is 0 Å². The van der Waals surface area contributed by atoms with Gasteiger partial charge in [-0.1, -0.05) is 49.8 Å². The molecule has 0 radical (unpaired) electrons. The molecule has 7 fully saturated rings. The molecule has 0 unspecified atom stereocenters.